The number of hydrogen-bond donors (Lipinski definition) is 1. The van der Waals surface area contributed by atoms with Gasteiger partial charge in [0.05, 0.1) is 11.1 Å². The van der Waals surface area contributed by atoms with Crippen LogP contribution in [0.1, 0.15) is 31.8 Å². The number of hydrogen-bond acceptors (Lipinski definition) is 3. The van der Waals surface area contributed by atoms with Crippen LogP contribution in [-0.4, -0.2) is 23.3 Å². The van der Waals surface area contributed by atoms with E-state index in [9.17, 15) is 14.0 Å². The van der Waals surface area contributed by atoms with Crippen molar-refractivity contribution in [1.29, 1.82) is 0 Å². The van der Waals surface area contributed by atoms with E-state index in [-0.39, 0.29) is 23.8 Å². The highest BCUT2D eigenvalue weighted by molar-refractivity contribution is 6.08. The number of halogens is 1. The molecule has 1 aliphatic rings. The highest BCUT2D eigenvalue weighted by atomic mass is 19.1. The van der Waals surface area contributed by atoms with Crippen LogP contribution in [-0.2, 0) is 13.0 Å². The Labute approximate surface area is 161 Å². The largest absolute Gasteiger partial charge is 0.348 e. The summed E-state index contributed by atoms with van der Waals surface area (Å²) >= 11 is 0. The fourth-order valence-electron chi connectivity index (χ4n) is 3.31. The van der Waals surface area contributed by atoms with E-state index < -0.39 is 5.91 Å². The highest BCUT2D eigenvalue weighted by Crippen LogP contribution is 2.28. The molecule has 1 N–H and O–H groups in total. The molecule has 0 fully saturated rings. The summed E-state index contributed by atoms with van der Waals surface area (Å²) in [7, 11) is 0. The van der Waals surface area contributed by atoms with Gasteiger partial charge in [0.25, 0.3) is 11.8 Å². The predicted molar refractivity (Wildman–Crippen MR) is 104 cm³/mol. The second-order valence-corrected chi connectivity index (χ2v) is 6.57. The van der Waals surface area contributed by atoms with Gasteiger partial charge in [0.15, 0.2) is 0 Å². The van der Waals surface area contributed by atoms with Crippen LogP contribution < -0.4 is 10.2 Å². The third-order valence-corrected chi connectivity index (χ3v) is 4.78. The van der Waals surface area contributed by atoms with E-state index in [4.69, 9.17) is 0 Å². The van der Waals surface area contributed by atoms with E-state index in [0.29, 0.717) is 17.7 Å². The Morgan fingerprint density at radius 1 is 1.04 bits per heavy atom. The van der Waals surface area contributed by atoms with Crippen molar-refractivity contribution in [3.63, 3.8) is 0 Å². The van der Waals surface area contributed by atoms with E-state index in [1.165, 1.54) is 24.5 Å². The van der Waals surface area contributed by atoms with Gasteiger partial charge in [-0.1, -0.05) is 36.4 Å². The lowest BCUT2D eigenvalue weighted by Gasteiger charge is -2.17. The molecule has 2 aromatic carbocycles. The molecule has 1 aliphatic heterocycles. The SMILES string of the molecule is O=C(NCc1ccccc1F)c1cncc(C(=O)N2CCc3ccccc32)c1. The highest BCUT2D eigenvalue weighted by Gasteiger charge is 2.25. The van der Waals surface area contributed by atoms with Crippen molar-refractivity contribution < 1.29 is 14.0 Å². The molecule has 0 aliphatic carbocycles. The second-order valence-electron chi connectivity index (χ2n) is 6.57. The first-order valence-corrected chi connectivity index (χ1v) is 9.00. The zero-order valence-electron chi connectivity index (χ0n) is 15.1. The van der Waals surface area contributed by atoms with Crippen molar-refractivity contribution in [2.24, 2.45) is 0 Å². The minimum Gasteiger partial charge on any atom is -0.348 e. The molecular formula is C22H18FN3O2. The summed E-state index contributed by atoms with van der Waals surface area (Å²) in [6.07, 6.45) is 3.65. The Bertz CT molecular complexity index is 1050. The van der Waals surface area contributed by atoms with Gasteiger partial charge in [-0.2, -0.15) is 0 Å². The summed E-state index contributed by atoms with van der Waals surface area (Å²) in [5, 5.41) is 2.66. The molecule has 28 heavy (non-hydrogen) atoms. The van der Waals surface area contributed by atoms with Crippen molar-refractivity contribution in [2.45, 2.75) is 13.0 Å². The number of aromatic nitrogens is 1. The normalized spacial score (nSPS) is 12.5. The molecule has 4 rings (SSSR count). The van der Waals surface area contributed by atoms with Gasteiger partial charge in [-0.3, -0.25) is 14.6 Å². The number of nitrogens with one attached hydrogen (secondary N) is 1. The second kappa shape index (κ2) is 7.60. The minimum atomic E-state index is -0.410. The van der Waals surface area contributed by atoms with Gasteiger partial charge in [0, 0.05) is 36.7 Å². The average Bonchev–Trinajstić information content (AvgIpc) is 3.16. The third kappa shape index (κ3) is 3.49. The van der Waals surface area contributed by atoms with Crippen LogP contribution in [0.25, 0.3) is 0 Å². The number of pyridine rings is 1. The maximum Gasteiger partial charge on any atom is 0.259 e. The number of benzene rings is 2. The molecular weight excluding hydrogens is 357 g/mol. The molecule has 0 atom stereocenters. The Balaban J connectivity index is 1.49. The van der Waals surface area contributed by atoms with Crippen LogP contribution in [0.4, 0.5) is 10.1 Å². The van der Waals surface area contributed by atoms with Crippen LogP contribution in [0.3, 0.4) is 0 Å². The monoisotopic (exact) mass is 375 g/mol. The summed E-state index contributed by atoms with van der Waals surface area (Å²) in [5.41, 5.74) is 3.01. The third-order valence-electron chi connectivity index (χ3n) is 4.78. The quantitative estimate of drug-likeness (QED) is 0.761. The molecule has 0 unspecified atom stereocenters. The Hall–Kier alpha value is -3.54. The Morgan fingerprint density at radius 2 is 1.79 bits per heavy atom. The zero-order valence-corrected chi connectivity index (χ0v) is 15.1. The summed E-state index contributed by atoms with van der Waals surface area (Å²) < 4.78 is 13.7. The van der Waals surface area contributed by atoms with Gasteiger partial charge in [0.2, 0.25) is 0 Å². The lowest BCUT2D eigenvalue weighted by molar-refractivity contribution is 0.0950. The number of para-hydroxylation sites is 1. The Kier molecular flexibility index (Phi) is 4.85. The molecule has 2 heterocycles. The van der Waals surface area contributed by atoms with Gasteiger partial charge in [-0.05, 0) is 30.2 Å². The van der Waals surface area contributed by atoms with Crippen molar-refractivity contribution in [3.05, 3.63) is 95.1 Å². The molecule has 5 nitrogen and oxygen atoms in total. The van der Waals surface area contributed by atoms with Gasteiger partial charge in [-0.15, -0.1) is 0 Å². The van der Waals surface area contributed by atoms with E-state index in [1.54, 1.807) is 23.1 Å². The first-order valence-electron chi connectivity index (χ1n) is 9.00. The molecule has 0 bridgehead atoms. The van der Waals surface area contributed by atoms with Crippen molar-refractivity contribution in [1.82, 2.24) is 10.3 Å². The smallest absolute Gasteiger partial charge is 0.259 e. The molecule has 0 saturated carbocycles. The number of carbonyl (C=O) groups excluding carboxylic acids is 2. The van der Waals surface area contributed by atoms with E-state index in [0.717, 1.165) is 17.7 Å². The summed E-state index contributed by atoms with van der Waals surface area (Å²) in [6.45, 7) is 0.658. The molecule has 3 aromatic rings. The van der Waals surface area contributed by atoms with Crippen molar-refractivity contribution >= 4 is 17.5 Å². The van der Waals surface area contributed by atoms with E-state index >= 15 is 0 Å². The van der Waals surface area contributed by atoms with Crippen molar-refractivity contribution in [2.75, 3.05) is 11.4 Å². The van der Waals surface area contributed by atoms with Crippen LogP contribution >= 0.6 is 0 Å². The number of nitrogens with zero attached hydrogens (tertiary/aromatic N) is 2. The number of rotatable bonds is 4. The molecule has 0 radical (unpaired) electrons. The topological polar surface area (TPSA) is 62.3 Å². The maximum atomic E-state index is 13.7. The predicted octanol–water partition coefficient (Wildman–Crippen LogP) is 3.35. The molecule has 0 spiro atoms. The average molecular weight is 375 g/mol. The molecule has 140 valence electrons. The summed E-state index contributed by atoms with van der Waals surface area (Å²) in [6, 6.07) is 15.5. The number of amides is 2. The summed E-state index contributed by atoms with van der Waals surface area (Å²) in [4.78, 5) is 31.1. The minimum absolute atomic E-state index is 0.0587. The Morgan fingerprint density at radius 3 is 2.64 bits per heavy atom. The molecule has 0 saturated heterocycles. The zero-order chi connectivity index (χ0) is 19.5. The van der Waals surface area contributed by atoms with Crippen molar-refractivity contribution in [3.8, 4) is 0 Å². The standard InChI is InChI=1S/C22H18FN3O2/c23-19-7-3-1-6-16(19)14-25-21(27)17-11-18(13-24-12-17)22(28)26-10-9-15-5-2-4-8-20(15)26/h1-8,11-13H,9-10,14H2,(H,25,27). The van der Waals surface area contributed by atoms with Crippen LogP contribution in [0, 0.1) is 5.82 Å². The number of fused-ring (bicyclic) bond motifs is 1. The van der Waals surface area contributed by atoms with Crippen LogP contribution in [0.2, 0.25) is 0 Å². The number of anilines is 1. The molecule has 2 amide bonds. The van der Waals surface area contributed by atoms with Gasteiger partial charge in [0.1, 0.15) is 5.82 Å². The van der Waals surface area contributed by atoms with Crippen LogP contribution in [0.5, 0.6) is 0 Å². The van der Waals surface area contributed by atoms with E-state index in [1.807, 2.05) is 24.3 Å². The van der Waals surface area contributed by atoms with E-state index in [2.05, 4.69) is 10.3 Å². The maximum absolute atomic E-state index is 13.7. The molecule has 1 aromatic heterocycles. The lowest BCUT2D eigenvalue weighted by atomic mass is 10.1. The lowest BCUT2D eigenvalue weighted by Crippen LogP contribution is -2.29. The first-order chi connectivity index (χ1) is 13.6. The summed E-state index contributed by atoms with van der Waals surface area (Å²) in [5.74, 6) is -0.981. The fourth-order valence-corrected chi connectivity index (χ4v) is 3.31. The van der Waals surface area contributed by atoms with Gasteiger partial charge in [-0.25, -0.2) is 4.39 Å². The van der Waals surface area contributed by atoms with Gasteiger partial charge >= 0.3 is 0 Å². The number of carbonyl (C=O) groups is 2. The molecule has 6 heteroatoms. The first kappa shape index (κ1) is 17.9. The van der Waals surface area contributed by atoms with Crippen LogP contribution in [0.15, 0.2) is 67.0 Å². The van der Waals surface area contributed by atoms with Gasteiger partial charge < -0.3 is 10.2 Å². The fraction of sp³-hybridized carbons (Fsp3) is 0.136.